The molecule has 0 N–H and O–H groups in total. The van der Waals surface area contributed by atoms with Crippen LogP contribution in [0.15, 0.2) is 0 Å². The van der Waals surface area contributed by atoms with Crippen molar-refractivity contribution in [3.63, 3.8) is 0 Å². The first-order valence-electron chi connectivity index (χ1n) is 12.6. The first-order valence-corrected chi connectivity index (χ1v) is 12.6. The Hall–Kier alpha value is -0.120. The highest BCUT2D eigenvalue weighted by Crippen LogP contribution is 2.26. The number of rotatable bonds is 20. The standard InChI is InChI=1S/C25H50O3/c1-4-6-7-8-9-10-11-12-13-14-15-16-17-18-19-20-21-26-22-24-23-27-25(3,5-2)28-24/h24H,4-23H2,1-3H3. The van der Waals surface area contributed by atoms with Crippen LogP contribution in [0.5, 0.6) is 0 Å². The summed E-state index contributed by atoms with van der Waals surface area (Å²) in [5, 5.41) is 0. The molecule has 0 aliphatic carbocycles. The molecule has 3 nitrogen and oxygen atoms in total. The third-order valence-corrected chi connectivity index (χ3v) is 6.08. The Balaban J connectivity index is 1.70. The van der Waals surface area contributed by atoms with E-state index in [2.05, 4.69) is 13.8 Å². The molecule has 2 unspecified atom stereocenters. The molecule has 3 heteroatoms. The van der Waals surface area contributed by atoms with Crippen LogP contribution in [-0.4, -0.2) is 31.7 Å². The van der Waals surface area contributed by atoms with E-state index in [0.717, 1.165) is 13.0 Å². The van der Waals surface area contributed by atoms with Gasteiger partial charge in [-0.25, -0.2) is 0 Å². The maximum Gasteiger partial charge on any atom is 0.165 e. The van der Waals surface area contributed by atoms with Gasteiger partial charge in [0.1, 0.15) is 6.10 Å². The lowest BCUT2D eigenvalue weighted by molar-refractivity contribution is -0.160. The predicted octanol–water partition coefficient (Wildman–Crippen LogP) is 7.81. The van der Waals surface area contributed by atoms with Gasteiger partial charge in [-0.1, -0.05) is 110 Å². The zero-order valence-electron chi connectivity index (χ0n) is 19.4. The summed E-state index contributed by atoms with van der Waals surface area (Å²) < 4.78 is 17.3. The third-order valence-electron chi connectivity index (χ3n) is 6.08. The largest absolute Gasteiger partial charge is 0.379 e. The van der Waals surface area contributed by atoms with E-state index in [0.29, 0.717) is 13.2 Å². The summed E-state index contributed by atoms with van der Waals surface area (Å²) in [5.41, 5.74) is 0. The molecule has 0 spiro atoms. The van der Waals surface area contributed by atoms with E-state index in [1.807, 2.05) is 6.92 Å². The van der Waals surface area contributed by atoms with Crippen LogP contribution in [0.2, 0.25) is 0 Å². The summed E-state index contributed by atoms with van der Waals surface area (Å²) in [4.78, 5) is 0. The molecule has 1 rings (SSSR count). The monoisotopic (exact) mass is 398 g/mol. The second kappa shape index (κ2) is 17.7. The number of unbranched alkanes of at least 4 members (excludes halogenated alkanes) is 15. The minimum atomic E-state index is -0.387. The van der Waals surface area contributed by atoms with Crippen molar-refractivity contribution in [2.24, 2.45) is 0 Å². The van der Waals surface area contributed by atoms with Crippen molar-refractivity contribution in [1.82, 2.24) is 0 Å². The number of hydrogen-bond donors (Lipinski definition) is 0. The van der Waals surface area contributed by atoms with E-state index in [9.17, 15) is 0 Å². The van der Waals surface area contributed by atoms with Crippen LogP contribution in [0.4, 0.5) is 0 Å². The van der Waals surface area contributed by atoms with Crippen LogP contribution in [0, 0.1) is 0 Å². The lowest BCUT2D eigenvalue weighted by atomic mass is 10.0. The van der Waals surface area contributed by atoms with Gasteiger partial charge < -0.3 is 14.2 Å². The Morgan fingerprint density at radius 1 is 0.714 bits per heavy atom. The molecule has 0 aromatic carbocycles. The highest BCUT2D eigenvalue weighted by atomic mass is 16.7. The molecule has 168 valence electrons. The Morgan fingerprint density at radius 3 is 1.61 bits per heavy atom. The molecule has 0 bridgehead atoms. The van der Waals surface area contributed by atoms with Crippen LogP contribution >= 0.6 is 0 Å². The smallest absolute Gasteiger partial charge is 0.165 e. The van der Waals surface area contributed by atoms with Gasteiger partial charge in [0.2, 0.25) is 0 Å². The van der Waals surface area contributed by atoms with Crippen molar-refractivity contribution in [2.75, 3.05) is 19.8 Å². The van der Waals surface area contributed by atoms with Gasteiger partial charge in [0, 0.05) is 6.61 Å². The van der Waals surface area contributed by atoms with E-state index in [4.69, 9.17) is 14.2 Å². The maximum absolute atomic E-state index is 5.88. The van der Waals surface area contributed by atoms with Gasteiger partial charge in [0.05, 0.1) is 13.2 Å². The molecule has 1 fully saturated rings. The molecular formula is C25H50O3. The Morgan fingerprint density at radius 2 is 1.18 bits per heavy atom. The van der Waals surface area contributed by atoms with E-state index < -0.39 is 0 Å². The van der Waals surface area contributed by atoms with Crippen LogP contribution in [0.25, 0.3) is 0 Å². The minimum absolute atomic E-state index is 0.117. The molecular weight excluding hydrogens is 348 g/mol. The molecule has 1 saturated heterocycles. The SMILES string of the molecule is CCCCCCCCCCCCCCCCCCOCC1COC(C)(CC)O1. The van der Waals surface area contributed by atoms with Crippen molar-refractivity contribution in [3.8, 4) is 0 Å². The lowest BCUT2D eigenvalue weighted by Crippen LogP contribution is -2.27. The highest BCUT2D eigenvalue weighted by molar-refractivity contribution is 4.73. The fourth-order valence-corrected chi connectivity index (χ4v) is 3.92. The molecule has 0 radical (unpaired) electrons. The molecule has 1 heterocycles. The predicted molar refractivity (Wildman–Crippen MR) is 120 cm³/mol. The van der Waals surface area contributed by atoms with Crippen molar-refractivity contribution in [3.05, 3.63) is 0 Å². The van der Waals surface area contributed by atoms with Gasteiger partial charge in [0.25, 0.3) is 0 Å². The molecule has 1 aliphatic heterocycles. The summed E-state index contributed by atoms with van der Waals surface area (Å²) in [6.45, 7) is 8.61. The van der Waals surface area contributed by atoms with Gasteiger partial charge in [-0.15, -0.1) is 0 Å². The first-order chi connectivity index (χ1) is 13.7. The fourth-order valence-electron chi connectivity index (χ4n) is 3.92. The zero-order chi connectivity index (χ0) is 20.3. The van der Waals surface area contributed by atoms with Gasteiger partial charge in [-0.3, -0.25) is 0 Å². The second-order valence-corrected chi connectivity index (χ2v) is 8.92. The average Bonchev–Trinajstić information content (AvgIpc) is 3.09. The van der Waals surface area contributed by atoms with E-state index in [1.165, 1.54) is 103 Å². The van der Waals surface area contributed by atoms with Gasteiger partial charge in [-0.2, -0.15) is 0 Å². The lowest BCUT2D eigenvalue weighted by Gasteiger charge is -2.21. The van der Waals surface area contributed by atoms with Crippen molar-refractivity contribution < 1.29 is 14.2 Å². The summed E-state index contributed by atoms with van der Waals surface area (Å²) >= 11 is 0. The van der Waals surface area contributed by atoms with E-state index >= 15 is 0 Å². The molecule has 2 atom stereocenters. The molecule has 0 aromatic heterocycles. The van der Waals surface area contributed by atoms with Crippen LogP contribution in [0.3, 0.4) is 0 Å². The average molecular weight is 399 g/mol. The van der Waals surface area contributed by atoms with Crippen molar-refractivity contribution in [1.29, 1.82) is 0 Å². The molecule has 0 aromatic rings. The quantitative estimate of drug-likeness (QED) is 0.196. The van der Waals surface area contributed by atoms with Crippen LogP contribution in [-0.2, 0) is 14.2 Å². The van der Waals surface area contributed by atoms with Crippen LogP contribution in [0.1, 0.15) is 130 Å². The second-order valence-electron chi connectivity index (χ2n) is 8.92. The zero-order valence-corrected chi connectivity index (χ0v) is 19.4. The Labute approximate surface area is 176 Å². The van der Waals surface area contributed by atoms with Crippen molar-refractivity contribution >= 4 is 0 Å². The van der Waals surface area contributed by atoms with E-state index in [-0.39, 0.29) is 11.9 Å². The van der Waals surface area contributed by atoms with Crippen LogP contribution < -0.4 is 0 Å². The molecule has 0 saturated carbocycles. The summed E-state index contributed by atoms with van der Waals surface area (Å²) in [5.74, 6) is -0.387. The van der Waals surface area contributed by atoms with Gasteiger partial charge in [-0.05, 0) is 19.8 Å². The molecule has 0 amide bonds. The highest BCUT2D eigenvalue weighted by Gasteiger charge is 2.35. The Kier molecular flexibility index (Phi) is 16.4. The van der Waals surface area contributed by atoms with E-state index in [1.54, 1.807) is 0 Å². The Bertz CT molecular complexity index is 334. The number of ether oxygens (including phenoxy) is 3. The normalized spacial score (nSPS) is 22.2. The van der Waals surface area contributed by atoms with Gasteiger partial charge >= 0.3 is 0 Å². The maximum atomic E-state index is 5.88. The molecule has 1 aliphatic rings. The number of hydrogen-bond acceptors (Lipinski definition) is 3. The first kappa shape index (κ1) is 25.9. The third kappa shape index (κ3) is 14.0. The molecule has 28 heavy (non-hydrogen) atoms. The minimum Gasteiger partial charge on any atom is -0.379 e. The van der Waals surface area contributed by atoms with Gasteiger partial charge in [0.15, 0.2) is 5.79 Å². The summed E-state index contributed by atoms with van der Waals surface area (Å²) in [6.07, 6.45) is 23.5. The summed E-state index contributed by atoms with van der Waals surface area (Å²) in [6, 6.07) is 0. The topological polar surface area (TPSA) is 27.7 Å². The fraction of sp³-hybridized carbons (Fsp3) is 1.00. The van der Waals surface area contributed by atoms with Crippen molar-refractivity contribution in [2.45, 2.75) is 142 Å². The summed E-state index contributed by atoms with van der Waals surface area (Å²) in [7, 11) is 0.